The summed E-state index contributed by atoms with van der Waals surface area (Å²) in [6, 6.07) is 18.7. The van der Waals surface area contributed by atoms with Crippen molar-refractivity contribution in [2.45, 2.75) is 0 Å². The van der Waals surface area contributed by atoms with Gasteiger partial charge in [-0.3, -0.25) is 0 Å². The fourth-order valence-electron chi connectivity index (χ4n) is 1.80. The SMILES string of the molecule is COC[Si](c1ccccc1)c1ccc(N)cc1. The number of benzene rings is 2. The van der Waals surface area contributed by atoms with Gasteiger partial charge in [-0.25, -0.2) is 0 Å². The maximum absolute atomic E-state index is 5.72. The van der Waals surface area contributed by atoms with Gasteiger partial charge >= 0.3 is 0 Å². The minimum Gasteiger partial charge on any atom is -0.399 e. The van der Waals surface area contributed by atoms with Crippen LogP contribution in [0.4, 0.5) is 5.69 Å². The van der Waals surface area contributed by atoms with Crippen molar-refractivity contribution in [2.24, 2.45) is 0 Å². The molecule has 0 aromatic heterocycles. The van der Waals surface area contributed by atoms with Gasteiger partial charge in [0.25, 0.3) is 0 Å². The van der Waals surface area contributed by atoms with E-state index in [-0.39, 0.29) is 0 Å². The predicted octanol–water partition coefficient (Wildman–Crippen LogP) is 1.06. The van der Waals surface area contributed by atoms with Gasteiger partial charge in [-0.1, -0.05) is 52.8 Å². The van der Waals surface area contributed by atoms with Crippen molar-refractivity contribution in [3.63, 3.8) is 0 Å². The standard InChI is InChI=1S/C14H16NOSi/c1-16-11-17(13-5-3-2-4-6-13)14-9-7-12(15)8-10-14/h2-10H,11,15H2,1H3. The molecule has 0 saturated carbocycles. The lowest BCUT2D eigenvalue weighted by atomic mass is 10.3. The van der Waals surface area contributed by atoms with Crippen LogP contribution in [0.5, 0.6) is 0 Å². The van der Waals surface area contributed by atoms with Crippen molar-refractivity contribution >= 4 is 24.9 Å². The number of nitrogen functional groups attached to an aromatic ring is 1. The monoisotopic (exact) mass is 242 g/mol. The lowest BCUT2D eigenvalue weighted by molar-refractivity contribution is 0.251. The number of rotatable bonds is 4. The molecule has 2 aromatic rings. The molecule has 2 nitrogen and oxygen atoms in total. The molecule has 0 aliphatic rings. The van der Waals surface area contributed by atoms with Gasteiger partial charge in [0.15, 0.2) is 8.80 Å². The van der Waals surface area contributed by atoms with Gasteiger partial charge in [0.05, 0.1) is 0 Å². The molecular formula is C14H16NOSi. The third-order valence-corrected chi connectivity index (χ3v) is 5.31. The Morgan fingerprint density at radius 2 is 1.53 bits per heavy atom. The second kappa shape index (κ2) is 5.66. The highest BCUT2D eigenvalue weighted by Gasteiger charge is 2.16. The Balaban J connectivity index is 2.32. The van der Waals surface area contributed by atoms with E-state index in [9.17, 15) is 0 Å². The van der Waals surface area contributed by atoms with E-state index in [1.165, 1.54) is 10.4 Å². The summed E-state index contributed by atoms with van der Waals surface area (Å²) in [6.07, 6.45) is 0.776. The molecule has 0 atom stereocenters. The zero-order valence-corrected chi connectivity index (χ0v) is 10.9. The third-order valence-electron chi connectivity index (χ3n) is 2.67. The van der Waals surface area contributed by atoms with Crippen LogP contribution >= 0.6 is 0 Å². The molecule has 0 fully saturated rings. The van der Waals surface area contributed by atoms with Gasteiger partial charge in [-0.05, 0) is 12.1 Å². The average molecular weight is 242 g/mol. The first-order valence-corrected chi connectivity index (χ1v) is 7.28. The van der Waals surface area contributed by atoms with Crippen LogP contribution in [0, 0.1) is 0 Å². The normalized spacial score (nSPS) is 10.7. The Morgan fingerprint density at radius 3 is 2.12 bits per heavy atom. The summed E-state index contributed by atoms with van der Waals surface area (Å²) in [5.74, 6) is 0. The minimum atomic E-state index is -0.845. The van der Waals surface area contributed by atoms with Crippen LogP contribution in [0.15, 0.2) is 54.6 Å². The Labute approximate surface area is 104 Å². The molecular weight excluding hydrogens is 226 g/mol. The Bertz CT molecular complexity index is 455. The van der Waals surface area contributed by atoms with Crippen molar-refractivity contribution in [1.29, 1.82) is 0 Å². The number of methoxy groups -OCH3 is 1. The quantitative estimate of drug-likeness (QED) is 0.643. The van der Waals surface area contributed by atoms with Crippen LogP contribution in [-0.2, 0) is 4.74 Å². The molecule has 0 spiro atoms. The van der Waals surface area contributed by atoms with Gasteiger partial charge in [0.2, 0.25) is 0 Å². The van der Waals surface area contributed by atoms with Crippen LogP contribution in [0.2, 0.25) is 0 Å². The summed E-state index contributed by atoms with van der Waals surface area (Å²) in [7, 11) is 0.910. The van der Waals surface area contributed by atoms with Gasteiger partial charge in [-0.2, -0.15) is 0 Å². The summed E-state index contributed by atoms with van der Waals surface area (Å²) in [5, 5.41) is 2.70. The van der Waals surface area contributed by atoms with E-state index >= 15 is 0 Å². The number of hydrogen-bond acceptors (Lipinski definition) is 2. The molecule has 3 heteroatoms. The summed E-state index contributed by atoms with van der Waals surface area (Å²) >= 11 is 0. The molecule has 87 valence electrons. The summed E-state index contributed by atoms with van der Waals surface area (Å²) in [4.78, 5) is 0. The van der Waals surface area contributed by atoms with Gasteiger partial charge in [-0.15, -0.1) is 0 Å². The molecule has 0 saturated heterocycles. The Kier molecular flexibility index (Phi) is 3.96. The van der Waals surface area contributed by atoms with Crippen LogP contribution in [0.1, 0.15) is 0 Å². The topological polar surface area (TPSA) is 35.2 Å². The number of hydrogen-bond donors (Lipinski definition) is 1. The molecule has 0 aliphatic carbocycles. The van der Waals surface area contributed by atoms with Gasteiger partial charge < -0.3 is 10.5 Å². The van der Waals surface area contributed by atoms with E-state index in [1.807, 2.05) is 18.2 Å². The summed E-state index contributed by atoms with van der Waals surface area (Å²) in [6.45, 7) is 0. The zero-order valence-electron chi connectivity index (χ0n) is 9.89. The first kappa shape index (κ1) is 11.9. The van der Waals surface area contributed by atoms with Crippen molar-refractivity contribution < 1.29 is 4.74 Å². The fraction of sp³-hybridized carbons (Fsp3) is 0.143. The van der Waals surface area contributed by atoms with Crippen LogP contribution in [-0.4, -0.2) is 22.1 Å². The molecule has 2 rings (SSSR count). The van der Waals surface area contributed by atoms with Crippen molar-refractivity contribution in [3.05, 3.63) is 54.6 Å². The highest BCUT2D eigenvalue weighted by atomic mass is 28.3. The maximum Gasteiger partial charge on any atom is 0.150 e. The fourth-order valence-corrected chi connectivity index (χ4v) is 3.92. The largest absolute Gasteiger partial charge is 0.399 e. The van der Waals surface area contributed by atoms with Crippen molar-refractivity contribution in [3.8, 4) is 0 Å². The second-order valence-corrected chi connectivity index (χ2v) is 6.30. The van der Waals surface area contributed by atoms with Crippen LogP contribution in [0.3, 0.4) is 0 Å². The van der Waals surface area contributed by atoms with E-state index in [2.05, 4.69) is 36.4 Å². The average Bonchev–Trinajstić information content (AvgIpc) is 2.38. The second-order valence-electron chi connectivity index (χ2n) is 3.90. The third kappa shape index (κ3) is 2.96. The van der Waals surface area contributed by atoms with Crippen LogP contribution in [0.25, 0.3) is 0 Å². The lowest BCUT2D eigenvalue weighted by Crippen LogP contribution is -2.46. The lowest BCUT2D eigenvalue weighted by Gasteiger charge is -2.14. The zero-order chi connectivity index (χ0) is 12.1. The molecule has 2 aromatic carbocycles. The summed E-state index contributed by atoms with van der Waals surface area (Å²) < 4.78 is 5.36. The summed E-state index contributed by atoms with van der Waals surface area (Å²) in [5.41, 5.74) is 6.53. The molecule has 0 heterocycles. The van der Waals surface area contributed by atoms with E-state index in [1.54, 1.807) is 7.11 Å². The number of anilines is 1. The van der Waals surface area contributed by atoms with E-state index in [0.717, 1.165) is 11.9 Å². The molecule has 0 unspecified atom stereocenters. The Hall–Kier alpha value is -1.58. The number of ether oxygens (including phenoxy) is 1. The maximum atomic E-state index is 5.72. The van der Waals surface area contributed by atoms with Crippen LogP contribution < -0.4 is 16.1 Å². The molecule has 17 heavy (non-hydrogen) atoms. The van der Waals surface area contributed by atoms with Crippen molar-refractivity contribution in [2.75, 3.05) is 19.1 Å². The van der Waals surface area contributed by atoms with Gasteiger partial charge in [0.1, 0.15) is 0 Å². The molecule has 0 amide bonds. The molecule has 0 aliphatic heterocycles. The predicted molar refractivity (Wildman–Crippen MR) is 74.2 cm³/mol. The highest BCUT2D eigenvalue weighted by molar-refractivity contribution is 6.85. The first-order valence-electron chi connectivity index (χ1n) is 5.57. The Morgan fingerprint density at radius 1 is 0.941 bits per heavy atom. The smallest absolute Gasteiger partial charge is 0.150 e. The number of nitrogens with two attached hydrogens (primary N) is 1. The first-order chi connectivity index (χ1) is 8.31. The van der Waals surface area contributed by atoms with E-state index < -0.39 is 8.80 Å². The highest BCUT2D eigenvalue weighted by Crippen LogP contribution is 1.99. The van der Waals surface area contributed by atoms with E-state index in [4.69, 9.17) is 10.5 Å². The van der Waals surface area contributed by atoms with Crippen molar-refractivity contribution in [1.82, 2.24) is 0 Å². The molecule has 0 bridgehead atoms. The molecule has 1 radical (unpaired) electrons. The minimum absolute atomic E-state index is 0.776. The molecule has 2 N–H and O–H groups in total. The van der Waals surface area contributed by atoms with E-state index in [0.29, 0.717) is 0 Å². The van der Waals surface area contributed by atoms with Gasteiger partial charge in [0, 0.05) is 19.0 Å².